The standard InChI is InChI=1S/C13H26N2O3/c1-11(13(16)17)9-15(7-6-14(2)3)10-12-5-4-8-18-12/h11-12H,4-10H2,1-3H3,(H,16,17). The van der Waals surface area contributed by atoms with E-state index in [1.807, 2.05) is 14.1 Å². The molecule has 0 amide bonds. The molecule has 1 aliphatic heterocycles. The van der Waals surface area contributed by atoms with Gasteiger partial charge in [-0.2, -0.15) is 0 Å². The maximum atomic E-state index is 10.9. The lowest BCUT2D eigenvalue weighted by molar-refractivity contribution is -0.141. The molecule has 0 spiro atoms. The number of ether oxygens (including phenoxy) is 1. The molecule has 2 atom stereocenters. The first-order chi connectivity index (χ1) is 8.49. The summed E-state index contributed by atoms with van der Waals surface area (Å²) < 4.78 is 5.63. The van der Waals surface area contributed by atoms with Crippen LogP contribution in [0.1, 0.15) is 19.8 Å². The van der Waals surface area contributed by atoms with Crippen LogP contribution in [0.5, 0.6) is 0 Å². The fraction of sp³-hybridized carbons (Fsp3) is 0.923. The van der Waals surface area contributed by atoms with Crippen LogP contribution >= 0.6 is 0 Å². The van der Waals surface area contributed by atoms with Crippen molar-refractivity contribution in [1.82, 2.24) is 9.80 Å². The summed E-state index contributed by atoms with van der Waals surface area (Å²) in [6.45, 7) is 5.90. The van der Waals surface area contributed by atoms with Crippen LogP contribution in [0.3, 0.4) is 0 Å². The summed E-state index contributed by atoms with van der Waals surface area (Å²) in [7, 11) is 4.07. The Morgan fingerprint density at radius 1 is 1.44 bits per heavy atom. The summed E-state index contributed by atoms with van der Waals surface area (Å²) in [6.07, 6.45) is 2.51. The molecule has 0 radical (unpaired) electrons. The van der Waals surface area contributed by atoms with Gasteiger partial charge < -0.3 is 14.7 Å². The highest BCUT2D eigenvalue weighted by molar-refractivity contribution is 5.69. The zero-order valence-corrected chi connectivity index (χ0v) is 11.8. The molecular formula is C13H26N2O3. The van der Waals surface area contributed by atoms with Gasteiger partial charge in [-0.15, -0.1) is 0 Å². The zero-order valence-electron chi connectivity index (χ0n) is 11.8. The van der Waals surface area contributed by atoms with Crippen molar-refractivity contribution in [3.63, 3.8) is 0 Å². The Kier molecular flexibility index (Phi) is 6.60. The Morgan fingerprint density at radius 2 is 2.17 bits per heavy atom. The quantitative estimate of drug-likeness (QED) is 0.696. The smallest absolute Gasteiger partial charge is 0.307 e. The number of carboxylic acids is 1. The van der Waals surface area contributed by atoms with Crippen molar-refractivity contribution in [2.75, 3.05) is 46.9 Å². The number of likely N-dealkylation sites (N-methyl/N-ethyl adjacent to an activating group) is 1. The maximum Gasteiger partial charge on any atom is 0.307 e. The molecule has 0 aromatic rings. The second kappa shape index (κ2) is 7.71. The third-order valence-corrected chi connectivity index (χ3v) is 3.30. The molecule has 0 aliphatic carbocycles. The van der Waals surface area contributed by atoms with Crippen molar-refractivity contribution >= 4 is 5.97 Å². The predicted molar refractivity (Wildman–Crippen MR) is 70.8 cm³/mol. The topological polar surface area (TPSA) is 53.0 Å². The summed E-state index contributed by atoms with van der Waals surface area (Å²) >= 11 is 0. The molecule has 0 aromatic carbocycles. The number of hydrogen-bond acceptors (Lipinski definition) is 4. The highest BCUT2D eigenvalue weighted by atomic mass is 16.5. The van der Waals surface area contributed by atoms with Gasteiger partial charge in [0.25, 0.3) is 0 Å². The highest BCUT2D eigenvalue weighted by Crippen LogP contribution is 2.14. The van der Waals surface area contributed by atoms with E-state index in [1.165, 1.54) is 0 Å². The number of aliphatic carboxylic acids is 1. The van der Waals surface area contributed by atoms with Crippen LogP contribution < -0.4 is 0 Å². The number of hydrogen-bond donors (Lipinski definition) is 1. The number of carboxylic acid groups (broad SMARTS) is 1. The Balaban J connectivity index is 2.42. The summed E-state index contributed by atoms with van der Waals surface area (Å²) in [6, 6.07) is 0. The van der Waals surface area contributed by atoms with Crippen LogP contribution in [0.2, 0.25) is 0 Å². The van der Waals surface area contributed by atoms with Gasteiger partial charge >= 0.3 is 5.97 Å². The molecule has 18 heavy (non-hydrogen) atoms. The molecule has 1 aliphatic rings. The lowest BCUT2D eigenvalue weighted by Gasteiger charge is -2.27. The molecule has 5 heteroatoms. The van der Waals surface area contributed by atoms with Gasteiger partial charge in [0.05, 0.1) is 12.0 Å². The molecule has 2 unspecified atom stereocenters. The summed E-state index contributed by atoms with van der Waals surface area (Å²) in [5.41, 5.74) is 0. The lowest BCUT2D eigenvalue weighted by Crippen LogP contribution is -2.40. The van der Waals surface area contributed by atoms with Crippen LogP contribution in [0.25, 0.3) is 0 Å². The molecule has 5 nitrogen and oxygen atoms in total. The highest BCUT2D eigenvalue weighted by Gasteiger charge is 2.22. The van der Waals surface area contributed by atoms with Crippen molar-refractivity contribution in [1.29, 1.82) is 0 Å². The van der Waals surface area contributed by atoms with Gasteiger partial charge in [0.1, 0.15) is 0 Å². The van der Waals surface area contributed by atoms with E-state index in [1.54, 1.807) is 6.92 Å². The predicted octanol–water partition coefficient (Wildman–Crippen LogP) is 0.750. The van der Waals surface area contributed by atoms with E-state index in [0.717, 1.165) is 39.1 Å². The average molecular weight is 258 g/mol. The first-order valence-electron chi connectivity index (χ1n) is 6.70. The van der Waals surface area contributed by atoms with Gasteiger partial charge in [0.2, 0.25) is 0 Å². The second-order valence-corrected chi connectivity index (χ2v) is 5.44. The van der Waals surface area contributed by atoms with E-state index in [-0.39, 0.29) is 12.0 Å². The largest absolute Gasteiger partial charge is 0.481 e. The molecule has 1 rings (SSSR count). The van der Waals surface area contributed by atoms with Crippen LogP contribution in [0.4, 0.5) is 0 Å². The molecule has 1 heterocycles. The molecule has 0 bridgehead atoms. The Labute approximate surface area is 110 Å². The van der Waals surface area contributed by atoms with Crippen molar-refractivity contribution < 1.29 is 14.6 Å². The van der Waals surface area contributed by atoms with Crippen molar-refractivity contribution in [3.8, 4) is 0 Å². The molecule has 0 aromatic heterocycles. The molecule has 106 valence electrons. The van der Waals surface area contributed by atoms with Crippen LogP contribution in [0.15, 0.2) is 0 Å². The number of rotatable bonds is 8. The van der Waals surface area contributed by atoms with E-state index in [9.17, 15) is 4.79 Å². The van der Waals surface area contributed by atoms with Crippen LogP contribution in [-0.4, -0.2) is 73.9 Å². The fourth-order valence-corrected chi connectivity index (χ4v) is 2.14. The molecular weight excluding hydrogens is 232 g/mol. The van der Waals surface area contributed by atoms with Crippen LogP contribution in [0, 0.1) is 5.92 Å². The Morgan fingerprint density at radius 3 is 2.67 bits per heavy atom. The lowest BCUT2D eigenvalue weighted by atomic mass is 10.1. The first-order valence-corrected chi connectivity index (χ1v) is 6.70. The molecule has 1 N–H and O–H groups in total. The normalized spacial score (nSPS) is 21.7. The van der Waals surface area contributed by atoms with E-state index < -0.39 is 5.97 Å². The molecule has 0 saturated carbocycles. The van der Waals surface area contributed by atoms with E-state index in [2.05, 4.69) is 9.80 Å². The van der Waals surface area contributed by atoms with Gasteiger partial charge in [-0.3, -0.25) is 9.69 Å². The van der Waals surface area contributed by atoms with Gasteiger partial charge in [0.15, 0.2) is 0 Å². The maximum absolute atomic E-state index is 10.9. The van der Waals surface area contributed by atoms with Crippen LogP contribution in [-0.2, 0) is 9.53 Å². The van der Waals surface area contributed by atoms with E-state index in [0.29, 0.717) is 6.54 Å². The minimum Gasteiger partial charge on any atom is -0.481 e. The monoisotopic (exact) mass is 258 g/mol. The Hall–Kier alpha value is -0.650. The Bertz CT molecular complexity index is 253. The summed E-state index contributed by atoms with van der Waals surface area (Å²) in [5, 5.41) is 9.00. The minimum absolute atomic E-state index is 0.285. The summed E-state index contributed by atoms with van der Waals surface area (Å²) in [4.78, 5) is 15.3. The number of carbonyl (C=O) groups is 1. The zero-order chi connectivity index (χ0) is 13.5. The van der Waals surface area contributed by atoms with Gasteiger partial charge in [-0.1, -0.05) is 6.92 Å². The average Bonchev–Trinajstić information content (AvgIpc) is 2.78. The third kappa shape index (κ3) is 5.80. The molecule has 1 saturated heterocycles. The van der Waals surface area contributed by atoms with Crippen molar-refractivity contribution in [3.05, 3.63) is 0 Å². The van der Waals surface area contributed by atoms with Crippen molar-refractivity contribution in [2.45, 2.75) is 25.9 Å². The van der Waals surface area contributed by atoms with E-state index >= 15 is 0 Å². The van der Waals surface area contributed by atoms with E-state index in [4.69, 9.17) is 9.84 Å². The molecule has 1 fully saturated rings. The van der Waals surface area contributed by atoms with Gasteiger partial charge in [-0.25, -0.2) is 0 Å². The minimum atomic E-state index is -0.725. The summed E-state index contributed by atoms with van der Waals surface area (Å²) in [5.74, 6) is -1.05. The fourth-order valence-electron chi connectivity index (χ4n) is 2.14. The van der Waals surface area contributed by atoms with Crippen molar-refractivity contribution in [2.24, 2.45) is 5.92 Å². The first kappa shape index (κ1) is 15.4. The van der Waals surface area contributed by atoms with Gasteiger partial charge in [-0.05, 0) is 26.9 Å². The SMILES string of the molecule is CC(CN(CCN(C)C)CC1CCCO1)C(=O)O. The van der Waals surface area contributed by atoms with Gasteiger partial charge in [0, 0.05) is 32.8 Å². The third-order valence-electron chi connectivity index (χ3n) is 3.30. The second-order valence-electron chi connectivity index (χ2n) is 5.44. The number of nitrogens with zero attached hydrogens (tertiary/aromatic N) is 2.